The number of aromatic hydroxyl groups is 1. The Bertz CT molecular complexity index is 700. The molecule has 2 rings (SSSR count). The molecule has 0 aliphatic carbocycles. The van der Waals surface area contributed by atoms with Crippen molar-refractivity contribution in [1.82, 2.24) is 9.97 Å². The number of thioether (sulfide) groups is 1. The first-order chi connectivity index (χ1) is 10.0. The average Bonchev–Trinajstić information content (AvgIpc) is 2.37. The van der Waals surface area contributed by atoms with Gasteiger partial charge in [-0.05, 0) is 24.6 Å². The second kappa shape index (κ2) is 6.94. The Balaban J connectivity index is 1.83. The zero-order valence-corrected chi connectivity index (χ0v) is 12.2. The third-order valence-corrected chi connectivity index (χ3v) is 3.45. The summed E-state index contributed by atoms with van der Waals surface area (Å²) < 4.78 is 0. The third-order valence-electron chi connectivity index (χ3n) is 2.58. The molecule has 1 aromatic heterocycles. The van der Waals surface area contributed by atoms with E-state index in [0.717, 1.165) is 17.3 Å². The zero-order valence-electron chi connectivity index (χ0n) is 11.4. The van der Waals surface area contributed by atoms with Gasteiger partial charge in [-0.2, -0.15) is 4.98 Å². The number of aromatic amines is 1. The number of aryl methyl sites for hydroxylation is 1. The second-order valence-electron chi connectivity index (χ2n) is 4.42. The number of H-pyrrole nitrogens is 1. The highest BCUT2D eigenvalue weighted by atomic mass is 32.2. The summed E-state index contributed by atoms with van der Waals surface area (Å²) in [5, 5.41) is 12.3. The van der Waals surface area contributed by atoms with Crippen molar-refractivity contribution in [3.05, 3.63) is 46.2 Å². The molecule has 1 amide bonds. The molecule has 0 saturated carbocycles. The van der Waals surface area contributed by atoms with Gasteiger partial charge in [0.05, 0.1) is 6.07 Å². The van der Waals surface area contributed by atoms with Crippen LogP contribution in [0.1, 0.15) is 12.0 Å². The largest absolute Gasteiger partial charge is 0.493 e. The van der Waals surface area contributed by atoms with E-state index in [0.29, 0.717) is 10.9 Å². The first kappa shape index (κ1) is 15.1. The Morgan fingerprint density at radius 2 is 2.24 bits per heavy atom. The highest BCUT2D eigenvalue weighted by Gasteiger charge is 2.05. The van der Waals surface area contributed by atoms with Gasteiger partial charge < -0.3 is 15.4 Å². The van der Waals surface area contributed by atoms with Crippen LogP contribution < -0.4 is 10.9 Å². The molecule has 21 heavy (non-hydrogen) atoms. The molecular weight excluding hydrogens is 290 g/mol. The Kier molecular flexibility index (Phi) is 4.99. The molecule has 0 aliphatic heterocycles. The van der Waals surface area contributed by atoms with Crippen LogP contribution in [-0.4, -0.2) is 26.7 Å². The van der Waals surface area contributed by atoms with E-state index in [2.05, 4.69) is 15.3 Å². The first-order valence-electron chi connectivity index (χ1n) is 6.32. The summed E-state index contributed by atoms with van der Waals surface area (Å²) in [6.07, 6.45) is 0.276. The molecule has 0 radical (unpaired) electrons. The van der Waals surface area contributed by atoms with Gasteiger partial charge in [0.25, 0.3) is 5.56 Å². The summed E-state index contributed by atoms with van der Waals surface area (Å²) in [5.41, 5.74) is 1.41. The van der Waals surface area contributed by atoms with Gasteiger partial charge in [-0.25, -0.2) is 0 Å². The minimum Gasteiger partial charge on any atom is -0.493 e. The highest BCUT2D eigenvalue weighted by molar-refractivity contribution is 7.99. The number of hydrogen-bond acceptors (Lipinski definition) is 5. The molecule has 0 spiro atoms. The number of carbonyl (C=O) groups excluding carboxylic acids is 1. The lowest BCUT2D eigenvalue weighted by Gasteiger charge is -2.05. The van der Waals surface area contributed by atoms with Crippen LogP contribution >= 0.6 is 11.8 Å². The van der Waals surface area contributed by atoms with Crippen LogP contribution in [0.4, 0.5) is 5.69 Å². The van der Waals surface area contributed by atoms with Gasteiger partial charge in [-0.3, -0.25) is 9.59 Å². The molecule has 3 N–H and O–H groups in total. The highest BCUT2D eigenvalue weighted by Crippen LogP contribution is 2.15. The smallest absolute Gasteiger partial charge is 0.255 e. The molecule has 110 valence electrons. The van der Waals surface area contributed by atoms with Crippen molar-refractivity contribution in [2.45, 2.75) is 18.5 Å². The monoisotopic (exact) mass is 305 g/mol. The standard InChI is InChI=1S/C14H15N3O3S/c1-9-3-2-4-10(7-9)15-11(18)5-6-21-14-16-12(19)8-13(20)17-14/h2-4,7-8H,5-6H2,1H3,(H,15,18)(H2,16,17,19,20). The topological polar surface area (TPSA) is 95.1 Å². The number of carbonyl (C=O) groups is 1. The summed E-state index contributed by atoms with van der Waals surface area (Å²) >= 11 is 1.20. The predicted molar refractivity (Wildman–Crippen MR) is 81.7 cm³/mol. The lowest BCUT2D eigenvalue weighted by atomic mass is 10.2. The molecule has 0 atom stereocenters. The summed E-state index contributed by atoms with van der Waals surface area (Å²) in [6, 6.07) is 8.54. The van der Waals surface area contributed by atoms with Crippen molar-refractivity contribution in [2.75, 3.05) is 11.1 Å². The lowest BCUT2D eigenvalue weighted by molar-refractivity contribution is -0.115. The van der Waals surface area contributed by atoms with Crippen molar-refractivity contribution < 1.29 is 9.90 Å². The van der Waals surface area contributed by atoms with E-state index in [1.54, 1.807) is 0 Å². The summed E-state index contributed by atoms with van der Waals surface area (Å²) in [5.74, 6) is 0.00499. The second-order valence-corrected chi connectivity index (χ2v) is 5.51. The normalized spacial score (nSPS) is 10.3. The molecule has 0 saturated heterocycles. The van der Waals surface area contributed by atoms with Crippen molar-refractivity contribution >= 4 is 23.4 Å². The van der Waals surface area contributed by atoms with Crippen molar-refractivity contribution in [3.63, 3.8) is 0 Å². The van der Waals surface area contributed by atoms with Crippen LogP contribution in [0.3, 0.4) is 0 Å². The SMILES string of the molecule is Cc1cccc(NC(=O)CCSc2nc(O)cc(=O)[nH]2)c1. The number of benzene rings is 1. The van der Waals surface area contributed by atoms with Crippen molar-refractivity contribution in [1.29, 1.82) is 0 Å². The van der Waals surface area contributed by atoms with Crippen molar-refractivity contribution in [2.24, 2.45) is 0 Å². The molecule has 7 heteroatoms. The maximum atomic E-state index is 11.8. The van der Waals surface area contributed by atoms with Crippen molar-refractivity contribution in [3.8, 4) is 5.88 Å². The molecule has 2 aromatic rings. The number of nitrogens with zero attached hydrogens (tertiary/aromatic N) is 1. The number of nitrogens with one attached hydrogen (secondary N) is 2. The maximum Gasteiger partial charge on any atom is 0.255 e. The molecular formula is C14H15N3O3S. The number of amides is 1. The van der Waals surface area contributed by atoms with Crippen LogP contribution in [0.25, 0.3) is 0 Å². The fraction of sp³-hybridized carbons (Fsp3) is 0.214. The van der Waals surface area contributed by atoms with Crippen LogP contribution in [-0.2, 0) is 4.79 Å². The number of aromatic nitrogens is 2. The number of hydrogen-bond donors (Lipinski definition) is 3. The van der Waals surface area contributed by atoms with E-state index in [1.165, 1.54) is 11.8 Å². The molecule has 6 nitrogen and oxygen atoms in total. The molecule has 0 bridgehead atoms. The summed E-state index contributed by atoms with van der Waals surface area (Å²) in [4.78, 5) is 29.2. The van der Waals surface area contributed by atoms with Gasteiger partial charge in [-0.1, -0.05) is 23.9 Å². The summed E-state index contributed by atoms with van der Waals surface area (Å²) in [7, 11) is 0. The Morgan fingerprint density at radius 1 is 1.43 bits per heavy atom. The molecule has 0 aliphatic rings. The maximum absolute atomic E-state index is 11.8. The van der Waals surface area contributed by atoms with E-state index in [9.17, 15) is 14.7 Å². The minimum absolute atomic E-state index is 0.115. The van der Waals surface area contributed by atoms with Gasteiger partial charge in [0.15, 0.2) is 5.16 Å². The summed E-state index contributed by atoms with van der Waals surface area (Å²) in [6.45, 7) is 1.95. The Labute approximate surface area is 125 Å². The van der Waals surface area contributed by atoms with Gasteiger partial charge in [0.2, 0.25) is 11.8 Å². The average molecular weight is 305 g/mol. The zero-order chi connectivity index (χ0) is 15.2. The quantitative estimate of drug-likeness (QED) is 0.579. The van der Waals surface area contributed by atoms with Crippen LogP contribution in [0.15, 0.2) is 40.3 Å². The van der Waals surface area contributed by atoms with Crippen LogP contribution in [0.5, 0.6) is 5.88 Å². The minimum atomic E-state index is -0.422. The third kappa shape index (κ3) is 4.96. The fourth-order valence-electron chi connectivity index (χ4n) is 1.68. The van der Waals surface area contributed by atoms with Gasteiger partial charge >= 0.3 is 0 Å². The molecule has 0 unspecified atom stereocenters. The fourth-order valence-corrected chi connectivity index (χ4v) is 2.49. The molecule has 1 aromatic carbocycles. The van der Waals surface area contributed by atoms with Crippen LogP contribution in [0.2, 0.25) is 0 Å². The van der Waals surface area contributed by atoms with Gasteiger partial charge in [-0.15, -0.1) is 0 Å². The molecule has 0 fully saturated rings. The Morgan fingerprint density at radius 3 is 2.95 bits per heavy atom. The van der Waals surface area contributed by atoms with Gasteiger partial charge in [0, 0.05) is 17.9 Å². The number of anilines is 1. The van der Waals surface area contributed by atoms with E-state index < -0.39 is 5.56 Å². The molecule has 1 heterocycles. The van der Waals surface area contributed by atoms with E-state index in [-0.39, 0.29) is 18.2 Å². The van der Waals surface area contributed by atoms with E-state index >= 15 is 0 Å². The lowest BCUT2D eigenvalue weighted by Crippen LogP contribution is -2.12. The van der Waals surface area contributed by atoms with E-state index in [4.69, 9.17) is 0 Å². The van der Waals surface area contributed by atoms with E-state index in [1.807, 2.05) is 31.2 Å². The Hall–Kier alpha value is -2.28. The van der Waals surface area contributed by atoms with Crippen LogP contribution in [0, 0.1) is 6.92 Å². The number of rotatable bonds is 5. The van der Waals surface area contributed by atoms with Gasteiger partial charge in [0.1, 0.15) is 0 Å². The first-order valence-corrected chi connectivity index (χ1v) is 7.31. The predicted octanol–water partition coefficient (Wildman–Crippen LogP) is 1.90.